The number of rotatable bonds is 5. The topological polar surface area (TPSA) is 51.5 Å². The van der Waals surface area contributed by atoms with Crippen LogP contribution in [0.4, 0.5) is 5.69 Å². The van der Waals surface area contributed by atoms with Gasteiger partial charge in [-0.15, -0.1) is 0 Å². The summed E-state index contributed by atoms with van der Waals surface area (Å²) in [6.07, 6.45) is 4.35. The van der Waals surface area contributed by atoms with Crippen molar-refractivity contribution in [3.05, 3.63) is 54.0 Å². The lowest BCUT2D eigenvalue weighted by Gasteiger charge is -2.03. The number of furan rings is 1. The van der Waals surface area contributed by atoms with E-state index in [2.05, 4.69) is 12.2 Å². The molecule has 4 heteroatoms. The van der Waals surface area contributed by atoms with Crippen LogP contribution < -0.4 is 10.1 Å². The summed E-state index contributed by atoms with van der Waals surface area (Å²) in [4.78, 5) is 11.9. The molecule has 1 heterocycles. The van der Waals surface area contributed by atoms with E-state index in [4.69, 9.17) is 9.15 Å². The summed E-state index contributed by atoms with van der Waals surface area (Å²) in [6.45, 7) is 2.21. The lowest BCUT2D eigenvalue weighted by molar-refractivity contribution is -0.111. The molecule has 1 fully saturated rings. The van der Waals surface area contributed by atoms with E-state index in [0.717, 1.165) is 17.2 Å². The summed E-state index contributed by atoms with van der Waals surface area (Å²) in [7, 11) is 1.61. The fraction of sp³-hybridized carbons (Fsp3) is 0.278. The Balaban J connectivity index is 1.57. The summed E-state index contributed by atoms with van der Waals surface area (Å²) in [6, 6.07) is 11.1. The van der Waals surface area contributed by atoms with Gasteiger partial charge in [0.2, 0.25) is 5.91 Å². The molecule has 3 rings (SSSR count). The maximum absolute atomic E-state index is 11.9. The van der Waals surface area contributed by atoms with Gasteiger partial charge in [-0.05, 0) is 54.8 Å². The number of anilines is 1. The lowest BCUT2D eigenvalue weighted by atomic mass is 10.3. The van der Waals surface area contributed by atoms with Crippen LogP contribution in [-0.4, -0.2) is 13.0 Å². The second kappa shape index (κ2) is 6.10. The minimum Gasteiger partial charge on any atom is -0.497 e. The van der Waals surface area contributed by atoms with Gasteiger partial charge in [0, 0.05) is 17.7 Å². The molecule has 1 N–H and O–H groups in total. The second-order valence-electron chi connectivity index (χ2n) is 5.61. The first-order valence-electron chi connectivity index (χ1n) is 7.38. The van der Waals surface area contributed by atoms with Crippen molar-refractivity contribution in [2.75, 3.05) is 12.4 Å². The van der Waals surface area contributed by atoms with E-state index < -0.39 is 0 Å². The Morgan fingerprint density at radius 2 is 2.00 bits per heavy atom. The molecule has 22 heavy (non-hydrogen) atoms. The molecule has 0 radical (unpaired) electrons. The fourth-order valence-electron chi connectivity index (χ4n) is 2.39. The highest BCUT2D eigenvalue weighted by atomic mass is 16.5. The SMILES string of the molecule is COc1ccc(NC(=O)/C=C/c2ccc(C3CC3C)o2)cc1. The number of benzene rings is 1. The maximum Gasteiger partial charge on any atom is 0.248 e. The van der Waals surface area contributed by atoms with Crippen molar-refractivity contribution in [2.45, 2.75) is 19.3 Å². The van der Waals surface area contributed by atoms with Gasteiger partial charge in [0.1, 0.15) is 17.3 Å². The Labute approximate surface area is 129 Å². The largest absolute Gasteiger partial charge is 0.497 e. The summed E-state index contributed by atoms with van der Waals surface area (Å²) in [5, 5.41) is 2.79. The molecule has 1 aliphatic rings. The van der Waals surface area contributed by atoms with Crippen molar-refractivity contribution in [3.8, 4) is 5.75 Å². The molecular formula is C18H19NO3. The van der Waals surface area contributed by atoms with Gasteiger partial charge < -0.3 is 14.5 Å². The zero-order valence-electron chi connectivity index (χ0n) is 12.7. The number of methoxy groups -OCH3 is 1. The van der Waals surface area contributed by atoms with Crippen LogP contribution in [0.25, 0.3) is 6.08 Å². The van der Waals surface area contributed by atoms with E-state index in [0.29, 0.717) is 17.6 Å². The summed E-state index contributed by atoms with van der Waals surface area (Å²) in [5.74, 6) is 3.55. The predicted molar refractivity (Wildman–Crippen MR) is 85.9 cm³/mol. The molecule has 2 unspecified atom stereocenters. The number of carbonyl (C=O) groups excluding carboxylic acids is 1. The summed E-state index contributed by atoms with van der Waals surface area (Å²) < 4.78 is 10.8. The predicted octanol–water partition coefficient (Wildman–Crippen LogP) is 4.06. The highest BCUT2D eigenvalue weighted by molar-refractivity contribution is 6.01. The van der Waals surface area contributed by atoms with Crippen LogP contribution in [-0.2, 0) is 4.79 Å². The van der Waals surface area contributed by atoms with Gasteiger partial charge in [0.15, 0.2) is 0 Å². The number of hydrogen-bond acceptors (Lipinski definition) is 3. The molecule has 0 saturated heterocycles. The van der Waals surface area contributed by atoms with Gasteiger partial charge in [-0.3, -0.25) is 4.79 Å². The Hall–Kier alpha value is -2.49. The number of ether oxygens (including phenoxy) is 1. The number of carbonyl (C=O) groups is 1. The Bertz CT molecular complexity index is 685. The monoisotopic (exact) mass is 297 g/mol. The van der Waals surface area contributed by atoms with E-state index in [1.807, 2.05) is 12.1 Å². The highest BCUT2D eigenvalue weighted by Gasteiger charge is 2.36. The zero-order valence-corrected chi connectivity index (χ0v) is 12.7. The van der Waals surface area contributed by atoms with Gasteiger partial charge in [-0.2, -0.15) is 0 Å². The van der Waals surface area contributed by atoms with Crippen LogP contribution in [0.1, 0.15) is 30.8 Å². The second-order valence-corrected chi connectivity index (χ2v) is 5.61. The molecule has 0 spiro atoms. The molecule has 0 aliphatic heterocycles. The van der Waals surface area contributed by atoms with Gasteiger partial charge in [-0.1, -0.05) is 6.92 Å². The zero-order chi connectivity index (χ0) is 15.5. The molecule has 1 aliphatic carbocycles. The minimum atomic E-state index is -0.192. The van der Waals surface area contributed by atoms with E-state index in [1.54, 1.807) is 37.5 Å². The van der Waals surface area contributed by atoms with Crippen molar-refractivity contribution < 1.29 is 13.9 Å². The highest BCUT2D eigenvalue weighted by Crippen LogP contribution is 2.47. The molecule has 1 amide bonds. The maximum atomic E-state index is 11.9. The minimum absolute atomic E-state index is 0.192. The molecular weight excluding hydrogens is 278 g/mol. The van der Waals surface area contributed by atoms with Gasteiger partial charge in [0.25, 0.3) is 0 Å². The molecule has 1 aromatic carbocycles. The van der Waals surface area contributed by atoms with E-state index in [-0.39, 0.29) is 5.91 Å². The van der Waals surface area contributed by atoms with Crippen molar-refractivity contribution in [1.29, 1.82) is 0 Å². The fourth-order valence-corrected chi connectivity index (χ4v) is 2.39. The quantitative estimate of drug-likeness (QED) is 0.847. The number of nitrogens with one attached hydrogen (secondary N) is 1. The van der Waals surface area contributed by atoms with Crippen LogP contribution in [0.15, 0.2) is 46.9 Å². The first-order valence-corrected chi connectivity index (χ1v) is 7.38. The average Bonchev–Trinajstić information content (AvgIpc) is 3.08. The average molecular weight is 297 g/mol. The lowest BCUT2D eigenvalue weighted by Crippen LogP contribution is -2.07. The smallest absolute Gasteiger partial charge is 0.248 e. The number of amides is 1. The normalized spacial score (nSPS) is 20.1. The van der Waals surface area contributed by atoms with Gasteiger partial charge >= 0.3 is 0 Å². The Kier molecular flexibility index (Phi) is 4.00. The molecule has 2 atom stereocenters. The van der Waals surface area contributed by atoms with Crippen LogP contribution in [0.5, 0.6) is 5.75 Å². The van der Waals surface area contributed by atoms with Crippen LogP contribution in [0, 0.1) is 5.92 Å². The van der Waals surface area contributed by atoms with Crippen LogP contribution in [0.3, 0.4) is 0 Å². The Morgan fingerprint density at radius 3 is 2.64 bits per heavy atom. The molecule has 114 valence electrons. The standard InChI is InChI=1S/C18H19NO3/c1-12-11-16(12)17-9-7-15(22-17)8-10-18(20)19-13-3-5-14(21-2)6-4-13/h3-10,12,16H,11H2,1-2H3,(H,19,20)/b10-8+. The summed E-state index contributed by atoms with van der Waals surface area (Å²) >= 11 is 0. The van der Waals surface area contributed by atoms with Crippen molar-refractivity contribution in [2.24, 2.45) is 5.92 Å². The van der Waals surface area contributed by atoms with Gasteiger partial charge in [-0.25, -0.2) is 0 Å². The first-order chi connectivity index (χ1) is 10.7. The van der Waals surface area contributed by atoms with Crippen LogP contribution >= 0.6 is 0 Å². The van der Waals surface area contributed by atoms with Crippen molar-refractivity contribution >= 4 is 17.7 Å². The van der Waals surface area contributed by atoms with Crippen molar-refractivity contribution in [3.63, 3.8) is 0 Å². The van der Waals surface area contributed by atoms with E-state index in [9.17, 15) is 4.79 Å². The first kappa shape index (κ1) is 14.4. The molecule has 0 bridgehead atoms. The molecule has 1 aromatic heterocycles. The molecule has 1 saturated carbocycles. The van der Waals surface area contributed by atoms with Gasteiger partial charge in [0.05, 0.1) is 7.11 Å². The van der Waals surface area contributed by atoms with Crippen LogP contribution in [0.2, 0.25) is 0 Å². The third-order valence-corrected chi connectivity index (χ3v) is 3.88. The van der Waals surface area contributed by atoms with E-state index >= 15 is 0 Å². The Morgan fingerprint density at radius 1 is 1.27 bits per heavy atom. The van der Waals surface area contributed by atoms with E-state index in [1.165, 1.54) is 12.5 Å². The summed E-state index contributed by atoms with van der Waals surface area (Å²) in [5.41, 5.74) is 0.724. The molecule has 2 aromatic rings. The third kappa shape index (κ3) is 3.39. The number of hydrogen-bond donors (Lipinski definition) is 1. The molecule has 4 nitrogen and oxygen atoms in total. The third-order valence-electron chi connectivity index (χ3n) is 3.88. The van der Waals surface area contributed by atoms with Crippen molar-refractivity contribution in [1.82, 2.24) is 0 Å².